The Labute approximate surface area is 114 Å². The highest BCUT2D eigenvalue weighted by Gasteiger charge is 2.20. The highest BCUT2D eigenvalue weighted by molar-refractivity contribution is 14.1. The van der Waals surface area contributed by atoms with Crippen molar-refractivity contribution in [3.63, 3.8) is 0 Å². The standard InChI is InChI=1S/C11H14ClIN2O/c1-2-8-9(13)10(12)15-11(14-8)7-3-5-16-6-4-7/h7H,2-6H2,1H3. The van der Waals surface area contributed by atoms with E-state index in [9.17, 15) is 0 Å². The molecule has 0 aliphatic carbocycles. The molecule has 88 valence electrons. The molecule has 0 aromatic carbocycles. The van der Waals surface area contributed by atoms with E-state index in [4.69, 9.17) is 16.3 Å². The zero-order valence-electron chi connectivity index (χ0n) is 9.17. The Balaban J connectivity index is 2.29. The van der Waals surface area contributed by atoms with Gasteiger partial charge < -0.3 is 4.74 Å². The SMILES string of the molecule is CCc1nc(C2CCOCC2)nc(Cl)c1I. The van der Waals surface area contributed by atoms with E-state index in [2.05, 4.69) is 39.5 Å². The van der Waals surface area contributed by atoms with Crippen molar-refractivity contribution < 1.29 is 4.74 Å². The van der Waals surface area contributed by atoms with Gasteiger partial charge in [0.1, 0.15) is 11.0 Å². The minimum atomic E-state index is 0.411. The van der Waals surface area contributed by atoms with E-state index in [1.54, 1.807) is 0 Å². The number of ether oxygens (including phenoxy) is 1. The minimum Gasteiger partial charge on any atom is -0.381 e. The second-order valence-corrected chi connectivity index (χ2v) is 5.31. The summed E-state index contributed by atoms with van der Waals surface area (Å²) < 4.78 is 6.33. The summed E-state index contributed by atoms with van der Waals surface area (Å²) in [4.78, 5) is 9.01. The monoisotopic (exact) mass is 352 g/mol. The number of aromatic nitrogens is 2. The highest BCUT2D eigenvalue weighted by atomic mass is 127. The number of hydrogen-bond donors (Lipinski definition) is 0. The number of halogens is 2. The predicted molar refractivity (Wildman–Crippen MR) is 71.9 cm³/mol. The zero-order chi connectivity index (χ0) is 11.5. The lowest BCUT2D eigenvalue weighted by Crippen LogP contribution is -2.17. The van der Waals surface area contributed by atoms with Crippen molar-refractivity contribution in [1.82, 2.24) is 9.97 Å². The van der Waals surface area contributed by atoms with Crippen molar-refractivity contribution in [2.45, 2.75) is 32.1 Å². The van der Waals surface area contributed by atoms with Crippen LogP contribution in [0.1, 0.15) is 37.2 Å². The van der Waals surface area contributed by atoms with Gasteiger partial charge in [0.2, 0.25) is 0 Å². The van der Waals surface area contributed by atoms with Crippen LogP contribution < -0.4 is 0 Å². The fourth-order valence-corrected chi connectivity index (χ4v) is 2.67. The van der Waals surface area contributed by atoms with Gasteiger partial charge in [-0.25, -0.2) is 9.97 Å². The first-order valence-corrected chi connectivity index (χ1v) is 6.97. The molecule has 1 saturated heterocycles. The Morgan fingerprint density at radius 3 is 2.69 bits per heavy atom. The first-order chi connectivity index (χ1) is 7.72. The van der Waals surface area contributed by atoms with E-state index in [1.807, 2.05) is 0 Å². The first kappa shape index (κ1) is 12.5. The summed E-state index contributed by atoms with van der Waals surface area (Å²) >= 11 is 8.34. The van der Waals surface area contributed by atoms with Crippen molar-refractivity contribution in [2.24, 2.45) is 0 Å². The Kier molecular flexibility index (Phi) is 4.38. The first-order valence-electron chi connectivity index (χ1n) is 5.52. The molecule has 5 heteroatoms. The van der Waals surface area contributed by atoms with Crippen molar-refractivity contribution >= 4 is 34.2 Å². The van der Waals surface area contributed by atoms with Crippen LogP contribution in [0.15, 0.2) is 0 Å². The summed E-state index contributed by atoms with van der Waals surface area (Å²) in [5.41, 5.74) is 1.06. The van der Waals surface area contributed by atoms with Crippen LogP contribution in [-0.2, 0) is 11.2 Å². The highest BCUT2D eigenvalue weighted by Crippen LogP contribution is 2.27. The van der Waals surface area contributed by atoms with Gasteiger partial charge in [-0.05, 0) is 41.9 Å². The molecule has 0 saturated carbocycles. The summed E-state index contributed by atoms with van der Waals surface area (Å²) in [7, 11) is 0. The molecule has 0 bridgehead atoms. The molecule has 3 nitrogen and oxygen atoms in total. The van der Waals surface area contributed by atoms with Gasteiger partial charge in [0.25, 0.3) is 0 Å². The third kappa shape index (κ3) is 2.65. The van der Waals surface area contributed by atoms with Gasteiger partial charge in [0.15, 0.2) is 0 Å². The molecule has 0 N–H and O–H groups in total. The van der Waals surface area contributed by atoms with Crippen LogP contribution in [0, 0.1) is 3.57 Å². The van der Waals surface area contributed by atoms with Gasteiger partial charge in [0, 0.05) is 19.1 Å². The molecule has 0 atom stereocenters. The third-order valence-corrected chi connectivity index (χ3v) is 4.54. The Bertz CT molecular complexity index is 380. The van der Waals surface area contributed by atoms with E-state index in [0.29, 0.717) is 11.1 Å². The minimum absolute atomic E-state index is 0.411. The van der Waals surface area contributed by atoms with Crippen molar-refractivity contribution in [3.05, 3.63) is 20.2 Å². The molecule has 16 heavy (non-hydrogen) atoms. The number of rotatable bonds is 2. The quantitative estimate of drug-likeness (QED) is 0.606. The number of aryl methyl sites for hydroxylation is 1. The normalized spacial score (nSPS) is 17.7. The Morgan fingerprint density at radius 2 is 2.06 bits per heavy atom. The molecule has 1 fully saturated rings. The lowest BCUT2D eigenvalue weighted by atomic mass is 9.99. The number of hydrogen-bond acceptors (Lipinski definition) is 3. The fraction of sp³-hybridized carbons (Fsp3) is 0.636. The molecule has 0 amide bonds. The van der Waals surface area contributed by atoms with Gasteiger partial charge in [0.05, 0.1) is 9.26 Å². The largest absolute Gasteiger partial charge is 0.381 e. The summed E-state index contributed by atoms with van der Waals surface area (Å²) in [6, 6.07) is 0. The average Bonchev–Trinajstić information content (AvgIpc) is 2.33. The molecule has 1 aliphatic rings. The van der Waals surface area contributed by atoms with E-state index in [1.165, 1.54) is 0 Å². The lowest BCUT2D eigenvalue weighted by Gasteiger charge is -2.21. The van der Waals surface area contributed by atoms with E-state index >= 15 is 0 Å². The summed E-state index contributed by atoms with van der Waals surface area (Å²) in [6.07, 6.45) is 2.90. The molecule has 1 aromatic rings. The fourth-order valence-electron chi connectivity index (χ4n) is 1.85. The molecule has 0 unspecified atom stereocenters. The van der Waals surface area contributed by atoms with Crippen molar-refractivity contribution in [2.75, 3.05) is 13.2 Å². The summed E-state index contributed by atoms with van der Waals surface area (Å²) in [5.74, 6) is 1.30. The summed E-state index contributed by atoms with van der Waals surface area (Å²) in [5, 5.41) is 0.592. The van der Waals surface area contributed by atoms with Crippen LogP contribution >= 0.6 is 34.2 Å². The Hall–Kier alpha value is 0.0600. The second-order valence-electron chi connectivity index (χ2n) is 3.87. The van der Waals surface area contributed by atoms with E-state index in [0.717, 1.165) is 47.6 Å². The maximum absolute atomic E-state index is 6.13. The van der Waals surface area contributed by atoms with E-state index in [-0.39, 0.29) is 0 Å². The molecule has 0 spiro atoms. The molecular weight excluding hydrogens is 338 g/mol. The molecule has 2 heterocycles. The average molecular weight is 353 g/mol. The molecule has 1 aromatic heterocycles. The van der Waals surface area contributed by atoms with Gasteiger partial charge in [-0.2, -0.15) is 0 Å². The summed E-state index contributed by atoms with van der Waals surface area (Å²) in [6.45, 7) is 3.70. The topological polar surface area (TPSA) is 35.0 Å². The van der Waals surface area contributed by atoms with Gasteiger partial charge in [-0.3, -0.25) is 0 Å². The molecular formula is C11H14ClIN2O. The third-order valence-electron chi connectivity index (χ3n) is 2.82. The Morgan fingerprint density at radius 1 is 1.38 bits per heavy atom. The zero-order valence-corrected chi connectivity index (χ0v) is 12.1. The van der Waals surface area contributed by atoms with Crippen LogP contribution in [0.4, 0.5) is 0 Å². The van der Waals surface area contributed by atoms with Gasteiger partial charge in [-0.15, -0.1) is 0 Å². The maximum Gasteiger partial charge on any atom is 0.146 e. The van der Waals surface area contributed by atoms with Crippen LogP contribution in [-0.4, -0.2) is 23.2 Å². The van der Waals surface area contributed by atoms with Crippen molar-refractivity contribution in [3.8, 4) is 0 Å². The van der Waals surface area contributed by atoms with Crippen LogP contribution in [0.2, 0.25) is 5.15 Å². The van der Waals surface area contributed by atoms with Crippen LogP contribution in [0.3, 0.4) is 0 Å². The smallest absolute Gasteiger partial charge is 0.146 e. The van der Waals surface area contributed by atoms with Crippen LogP contribution in [0.5, 0.6) is 0 Å². The molecule has 0 radical (unpaired) electrons. The lowest BCUT2D eigenvalue weighted by molar-refractivity contribution is 0.0835. The van der Waals surface area contributed by atoms with Gasteiger partial charge in [-0.1, -0.05) is 18.5 Å². The van der Waals surface area contributed by atoms with Crippen molar-refractivity contribution in [1.29, 1.82) is 0 Å². The van der Waals surface area contributed by atoms with Gasteiger partial charge >= 0.3 is 0 Å². The van der Waals surface area contributed by atoms with Crippen LogP contribution in [0.25, 0.3) is 0 Å². The molecule has 2 rings (SSSR count). The maximum atomic E-state index is 6.13. The number of nitrogens with zero attached hydrogens (tertiary/aromatic N) is 2. The van der Waals surface area contributed by atoms with E-state index < -0.39 is 0 Å². The molecule has 1 aliphatic heterocycles. The predicted octanol–water partition coefficient (Wildman–Crippen LogP) is 3.19. The second kappa shape index (κ2) is 5.60.